The number of carbonyl (C=O) groups is 1. The van der Waals surface area contributed by atoms with E-state index >= 15 is 0 Å². The molecule has 2 aliphatic carbocycles. The summed E-state index contributed by atoms with van der Waals surface area (Å²) >= 11 is 0. The van der Waals surface area contributed by atoms with Gasteiger partial charge in [0.05, 0.1) is 6.42 Å². The Morgan fingerprint density at radius 2 is 2.11 bits per heavy atom. The summed E-state index contributed by atoms with van der Waals surface area (Å²) in [5, 5.41) is 3.08. The zero-order chi connectivity index (χ0) is 12.5. The number of nitrogens with one attached hydrogen (secondary N) is 1. The van der Waals surface area contributed by atoms with E-state index in [2.05, 4.69) is 5.32 Å². The minimum absolute atomic E-state index is 0.0438. The van der Waals surface area contributed by atoms with Gasteiger partial charge in [-0.1, -0.05) is 24.6 Å². The Morgan fingerprint density at radius 3 is 2.78 bits per heavy atom. The van der Waals surface area contributed by atoms with Crippen LogP contribution >= 0.6 is 0 Å². The van der Waals surface area contributed by atoms with Crippen molar-refractivity contribution >= 4 is 5.91 Å². The van der Waals surface area contributed by atoms with Crippen LogP contribution in [-0.2, 0) is 11.2 Å². The van der Waals surface area contributed by atoms with E-state index in [1.165, 1.54) is 25.3 Å². The summed E-state index contributed by atoms with van der Waals surface area (Å²) in [5.74, 6) is 1.14. The Labute approximate surface area is 107 Å². The third-order valence-electron chi connectivity index (χ3n) is 4.39. The Kier molecular flexibility index (Phi) is 3.06. The highest BCUT2D eigenvalue weighted by molar-refractivity contribution is 5.79. The molecule has 2 bridgehead atoms. The average Bonchev–Trinajstić information content (AvgIpc) is 2.94. The summed E-state index contributed by atoms with van der Waals surface area (Å²) in [4.78, 5) is 11.9. The quantitative estimate of drug-likeness (QED) is 0.874. The van der Waals surface area contributed by atoms with E-state index in [1.807, 2.05) is 0 Å². The fourth-order valence-corrected chi connectivity index (χ4v) is 3.49. The topological polar surface area (TPSA) is 29.1 Å². The van der Waals surface area contributed by atoms with Gasteiger partial charge in [-0.25, -0.2) is 4.39 Å². The number of rotatable bonds is 3. The Hall–Kier alpha value is -1.38. The second kappa shape index (κ2) is 4.71. The number of fused-ring (bicyclic) bond motifs is 2. The van der Waals surface area contributed by atoms with Crippen molar-refractivity contribution in [1.82, 2.24) is 5.32 Å². The number of carbonyl (C=O) groups excluding carboxylic acids is 1. The molecule has 2 nitrogen and oxygen atoms in total. The molecule has 0 unspecified atom stereocenters. The van der Waals surface area contributed by atoms with Crippen LogP contribution < -0.4 is 5.32 Å². The normalized spacial score (nSPS) is 29.5. The highest BCUT2D eigenvalue weighted by Gasteiger charge is 2.39. The molecule has 96 valence electrons. The summed E-state index contributed by atoms with van der Waals surface area (Å²) in [6.07, 6.45) is 5.11. The van der Waals surface area contributed by atoms with E-state index in [9.17, 15) is 9.18 Å². The number of hydrogen-bond acceptors (Lipinski definition) is 1. The minimum Gasteiger partial charge on any atom is -0.353 e. The molecule has 3 heteroatoms. The Bertz CT molecular complexity index is 460. The maximum Gasteiger partial charge on any atom is 0.224 e. The van der Waals surface area contributed by atoms with Crippen LogP contribution in [0.15, 0.2) is 24.3 Å². The standard InChI is InChI=1S/C15H18FNO/c16-13-4-2-1-3-11(13)9-15(18)17-14-8-10-5-6-12(14)7-10/h1-4,10,12,14H,5-9H2,(H,17,18)/t10-,12-,14+/m1/s1. The Morgan fingerprint density at radius 1 is 1.28 bits per heavy atom. The van der Waals surface area contributed by atoms with Crippen LogP contribution in [0.5, 0.6) is 0 Å². The third-order valence-corrected chi connectivity index (χ3v) is 4.39. The van der Waals surface area contributed by atoms with E-state index in [0.29, 0.717) is 17.5 Å². The lowest BCUT2D eigenvalue weighted by atomic mass is 9.95. The summed E-state index contributed by atoms with van der Waals surface area (Å²) in [6, 6.07) is 6.83. The van der Waals surface area contributed by atoms with Crippen LogP contribution in [0.2, 0.25) is 0 Å². The van der Waals surface area contributed by atoms with Gasteiger partial charge in [0.2, 0.25) is 5.91 Å². The fraction of sp³-hybridized carbons (Fsp3) is 0.533. The maximum atomic E-state index is 13.4. The van der Waals surface area contributed by atoms with Gasteiger partial charge in [-0.15, -0.1) is 0 Å². The molecular weight excluding hydrogens is 229 g/mol. The van der Waals surface area contributed by atoms with Crippen molar-refractivity contribution in [2.24, 2.45) is 11.8 Å². The van der Waals surface area contributed by atoms with Gasteiger partial charge in [0.1, 0.15) is 5.82 Å². The molecule has 3 atom stereocenters. The van der Waals surface area contributed by atoms with Crippen molar-refractivity contribution in [2.75, 3.05) is 0 Å². The van der Waals surface area contributed by atoms with Gasteiger partial charge in [0.25, 0.3) is 0 Å². The zero-order valence-corrected chi connectivity index (χ0v) is 10.4. The maximum absolute atomic E-state index is 13.4. The number of amides is 1. The molecule has 1 aromatic rings. The molecule has 0 saturated heterocycles. The molecule has 2 fully saturated rings. The number of halogens is 1. The van der Waals surface area contributed by atoms with Gasteiger partial charge in [-0.05, 0) is 42.7 Å². The van der Waals surface area contributed by atoms with Gasteiger partial charge < -0.3 is 5.32 Å². The number of benzene rings is 1. The smallest absolute Gasteiger partial charge is 0.224 e. The van der Waals surface area contributed by atoms with Crippen LogP contribution in [0.4, 0.5) is 4.39 Å². The highest BCUT2D eigenvalue weighted by atomic mass is 19.1. The molecule has 1 aromatic carbocycles. The van der Waals surface area contributed by atoms with E-state index in [0.717, 1.165) is 12.3 Å². The molecule has 2 saturated carbocycles. The van der Waals surface area contributed by atoms with Crippen molar-refractivity contribution in [2.45, 2.75) is 38.1 Å². The van der Waals surface area contributed by atoms with Crippen LogP contribution in [0.25, 0.3) is 0 Å². The molecule has 18 heavy (non-hydrogen) atoms. The van der Waals surface area contributed by atoms with E-state index in [4.69, 9.17) is 0 Å². The van der Waals surface area contributed by atoms with Crippen LogP contribution in [0.1, 0.15) is 31.2 Å². The summed E-state index contributed by atoms with van der Waals surface area (Å²) in [5.41, 5.74) is 0.484. The predicted octanol–water partition coefficient (Wildman–Crippen LogP) is 2.67. The molecule has 0 aromatic heterocycles. The lowest BCUT2D eigenvalue weighted by molar-refractivity contribution is -0.121. The van der Waals surface area contributed by atoms with Crippen LogP contribution in [-0.4, -0.2) is 11.9 Å². The SMILES string of the molecule is O=C(Cc1ccccc1F)N[C@H]1C[C@@H]2CC[C@@H]1C2. The van der Waals surface area contributed by atoms with Crippen LogP contribution in [0.3, 0.4) is 0 Å². The average molecular weight is 247 g/mol. The van der Waals surface area contributed by atoms with Gasteiger partial charge in [0, 0.05) is 6.04 Å². The molecule has 0 spiro atoms. The fourth-order valence-electron chi connectivity index (χ4n) is 3.49. The van der Waals surface area contributed by atoms with Crippen molar-refractivity contribution < 1.29 is 9.18 Å². The molecule has 0 radical (unpaired) electrons. The van der Waals surface area contributed by atoms with Crippen molar-refractivity contribution in [3.8, 4) is 0 Å². The molecule has 1 N–H and O–H groups in total. The second-order valence-electron chi connectivity index (χ2n) is 5.62. The molecule has 2 aliphatic rings. The Balaban J connectivity index is 1.58. The van der Waals surface area contributed by atoms with Crippen molar-refractivity contribution in [3.05, 3.63) is 35.6 Å². The first-order valence-corrected chi connectivity index (χ1v) is 6.75. The van der Waals surface area contributed by atoms with Crippen molar-refractivity contribution in [3.63, 3.8) is 0 Å². The first-order chi connectivity index (χ1) is 8.72. The monoisotopic (exact) mass is 247 g/mol. The van der Waals surface area contributed by atoms with Gasteiger partial charge in [-0.2, -0.15) is 0 Å². The lowest BCUT2D eigenvalue weighted by Crippen LogP contribution is -2.39. The first-order valence-electron chi connectivity index (χ1n) is 6.75. The van der Waals surface area contributed by atoms with Crippen molar-refractivity contribution in [1.29, 1.82) is 0 Å². The molecule has 0 heterocycles. The van der Waals surface area contributed by atoms with Gasteiger partial charge in [-0.3, -0.25) is 4.79 Å². The summed E-state index contributed by atoms with van der Waals surface area (Å²) in [6.45, 7) is 0. The van der Waals surface area contributed by atoms with E-state index in [-0.39, 0.29) is 18.1 Å². The highest BCUT2D eigenvalue weighted by Crippen LogP contribution is 2.44. The zero-order valence-electron chi connectivity index (χ0n) is 10.4. The minimum atomic E-state index is -0.291. The lowest BCUT2D eigenvalue weighted by Gasteiger charge is -2.22. The molecular formula is C15H18FNO. The molecule has 1 amide bonds. The number of hydrogen-bond donors (Lipinski definition) is 1. The van der Waals surface area contributed by atoms with Gasteiger partial charge >= 0.3 is 0 Å². The third kappa shape index (κ3) is 2.26. The van der Waals surface area contributed by atoms with Crippen LogP contribution in [0, 0.1) is 17.7 Å². The predicted molar refractivity (Wildman–Crippen MR) is 67.5 cm³/mol. The van der Waals surface area contributed by atoms with E-state index in [1.54, 1.807) is 18.2 Å². The largest absolute Gasteiger partial charge is 0.353 e. The van der Waals surface area contributed by atoms with Gasteiger partial charge in [0.15, 0.2) is 0 Å². The summed E-state index contributed by atoms with van der Waals surface area (Å²) < 4.78 is 13.4. The molecule has 3 rings (SSSR count). The van der Waals surface area contributed by atoms with E-state index < -0.39 is 0 Å². The molecule has 0 aliphatic heterocycles. The summed E-state index contributed by atoms with van der Waals surface area (Å²) in [7, 11) is 0. The first kappa shape index (κ1) is 11.7. The second-order valence-corrected chi connectivity index (χ2v) is 5.62.